The van der Waals surface area contributed by atoms with Gasteiger partial charge in [-0.1, -0.05) is 6.42 Å². The largest absolute Gasteiger partial charge is 0.454 e. The van der Waals surface area contributed by atoms with E-state index >= 15 is 0 Å². The maximum absolute atomic E-state index is 5.34. The summed E-state index contributed by atoms with van der Waals surface area (Å²) in [5.41, 5.74) is 3.85. The second-order valence-electron chi connectivity index (χ2n) is 6.24. The molecule has 1 aliphatic heterocycles. The van der Waals surface area contributed by atoms with E-state index in [2.05, 4.69) is 15.8 Å². The van der Waals surface area contributed by atoms with Crippen molar-refractivity contribution >= 4 is 23.5 Å². The molecule has 1 heterocycles. The quantitative estimate of drug-likeness (QED) is 0.509. The van der Waals surface area contributed by atoms with Crippen LogP contribution < -0.4 is 20.2 Å². The summed E-state index contributed by atoms with van der Waals surface area (Å²) in [4.78, 5) is 0. The molecular formula is C16H19N3O2S. The van der Waals surface area contributed by atoms with Crippen molar-refractivity contribution in [2.24, 2.45) is 16.9 Å². The molecule has 3 aliphatic rings. The summed E-state index contributed by atoms with van der Waals surface area (Å²) in [6, 6.07) is 6.25. The van der Waals surface area contributed by atoms with Crippen LogP contribution in [0.15, 0.2) is 23.3 Å². The molecule has 0 spiro atoms. The first-order chi connectivity index (χ1) is 10.8. The van der Waals surface area contributed by atoms with Gasteiger partial charge in [-0.3, -0.25) is 5.43 Å². The molecule has 2 saturated carbocycles. The summed E-state index contributed by atoms with van der Waals surface area (Å²) in [6.45, 7) is 0.283. The Bertz CT molecular complexity index is 619. The molecule has 5 nitrogen and oxygen atoms in total. The lowest BCUT2D eigenvalue weighted by Gasteiger charge is -2.23. The van der Waals surface area contributed by atoms with Gasteiger partial charge in [0.15, 0.2) is 16.6 Å². The van der Waals surface area contributed by atoms with Gasteiger partial charge in [-0.2, -0.15) is 5.10 Å². The summed E-state index contributed by atoms with van der Waals surface area (Å²) >= 11 is 5.32. The maximum Gasteiger partial charge on any atom is 0.231 e. The molecule has 3 atom stereocenters. The topological polar surface area (TPSA) is 54.9 Å². The summed E-state index contributed by atoms with van der Waals surface area (Å²) in [7, 11) is 0. The van der Waals surface area contributed by atoms with Crippen molar-refractivity contribution in [3.05, 3.63) is 23.8 Å². The predicted octanol–water partition coefficient (Wildman–Crippen LogP) is 2.40. The highest BCUT2D eigenvalue weighted by molar-refractivity contribution is 7.80. The molecular weight excluding hydrogens is 298 g/mol. The van der Waals surface area contributed by atoms with E-state index in [0.29, 0.717) is 11.2 Å². The Balaban J connectivity index is 1.29. The molecule has 6 heteroatoms. The average Bonchev–Trinajstić information content (AvgIpc) is 3.22. The molecule has 2 fully saturated rings. The van der Waals surface area contributed by atoms with Crippen LogP contribution in [0.1, 0.15) is 31.2 Å². The van der Waals surface area contributed by atoms with Gasteiger partial charge >= 0.3 is 0 Å². The Morgan fingerprint density at radius 1 is 1.23 bits per heavy atom. The lowest BCUT2D eigenvalue weighted by atomic mass is 9.96. The van der Waals surface area contributed by atoms with E-state index in [1.807, 2.05) is 18.2 Å². The molecule has 2 N–H and O–H groups in total. The molecule has 2 aliphatic carbocycles. The zero-order chi connectivity index (χ0) is 14.9. The van der Waals surface area contributed by atoms with Crippen LogP contribution in [0.5, 0.6) is 11.5 Å². The fraction of sp³-hybridized carbons (Fsp3) is 0.500. The fourth-order valence-corrected chi connectivity index (χ4v) is 3.99. The lowest BCUT2D eigenvalue weighted by molar-refractivity contribution is 0.174. The van der Waals surface area contributed by atoms with E-state index in [-0.39, 0.29) is 6.79 Å². The monoisotopic (exact) mass is 317 g/mol. The molecule has 116 valence electrons. The maximum atomic E-state index is 5.34. The van der Waals surface area contributed by atoms with Crippen LogP contribution in [-0.2, 0) is 0 Å². The molecule has 4 rings (SSSR count). The van der Waals surface area contributed by atoms with Gasteiger partial charge in [0.1, 0.15) is 0 Å². The van der Waals surface area contributed by atoms with Crippen molar-refractivity contribution in [2.75, 3.05) is 6.79 Å². The second kappa shape index (κ2) is 5.76. The van der Waals surface area contributed by atoms with E-state index in [1.165, 1.54) is 25.7 Å². The molecule has 1 aromatic carbocycles. The van der Waals surface area contributed by atoms with Gasteiger partial charge in [-0.25, -0.2) is 0 Å². The van der Waals surface area contributed by atoms with E-state index < -0.39 is 0 Å². The number of thiocarbonyl (C=S) groups is 1. The number of fused-ring (bicyclic) bond motifs is 3. The summed E-state index contributed by atoms with van der Waals surface area (Å²) in [5, 5.41) is 8.20. The van der Waals surface area contributed by atoms with Crippen molar-refractivity contribution in [1.29, 1.82) is 0 Å². The fourth-order valence-electron chi connectivity index (χ4n) is 3.78. The first-order valence-electron chi connectivity index (χ1n) is 7.77. The first-order valence-corrected chi connectivity index (χ1v) is 8.18. The van der Waals surface area contributed by atoms with Crippen LogP contribution in [0.3, 0.4) is 0 Å². The third kappa shape index (κ3) is 2.75. The number of hydrogen-bond donors (Lipinski definition) is 2. The zero-order valence-electron chi connectivity index (χ0n) is 12.2. The van der Waals surface area contributed by atoms with Crippen molar-refractivity contribution in [1.82, 2.24) is 10.7 Å². The SMILES string of the molecule is S=C(NN=Cc1ccc2c(c1)OCO2)NC1CC2CCC1C2. The highest BCUT2D eigenvalue weighted by Crippen LogP contribution is 2.44. The lowest BCUT2D eigenvalue weighted by Crippen LogP contribution is -2.42. The zero-order valence-corrected chi connectivity index (χ0v) is 13.1. The Kier molecular flexibility index (Phi) is 3.62. The van der Waals surface area contributed by atoms with Crippen LogP contribution in [0, 0.1) is 11.8 Å². The van der Waals surface area contributed by atoms with E-state index in [1.54, 1.807) is 6.21 Å². The molecule has 1 aromatic rings. The number of benzene rings is 1. The summed E-state index contributed by atoms with van der Waals surface area (Å²) in [5.74, 6) is 3.23. The Hall–Kier alpha value is -1.82. The third-order valence-corrected chi connectivity index (χ3v) is 5.04. The third-order valence-electron chi connectivity index (χ3n) is 4.83. The number of ether oxygens (including phenoxy) is 2. The number of rotatable bonds is 3. The van der Waals surface area contributed by atoms with Gasteiger partial charge in [-0.15, -0.1) is 0 Å². The molecule has 0 saturated heterocycles. The number of nitrogens with one attached hydrogen (secondary N) is 2. The molecule has 0 amide bonds. The van der Waals surface area contributed by atoms with Gasteiger partial charge < -0.3 is 14.8 Å². The standard InChI is InChI=1S/C16H19N3O2S/c22-16(18-13-6-10-1-3-12(13)5-10)19-17-8-11-2-4-14-15(7-11)21-9-20-14/h2,4,7-8,10,12-13H,1,3,5-6,9H2,(H2,18,19,22). The Labute approximate surface area is 135 Å². The predicted molar refractivity (Wildman–Crippen MR) is 88.3 cm³/mol. The highest BCUT2D eigenvalue weighted by Gasteiger charge is 2.39. The van der Waals surface area contributed by atoms with Crippen LogP contribution in [0.25, 0.3) is 0 Å². The van der Waals surface area contributed by atoms with Crippen LogP contribution in [-0.4, -0.2) is 24.2 Å². The van der Waals surface area contributed by atoms with Crippen LogP contribution in [0.2, 0.25) is 0 Å². The normalized spacial score (nSPS) is 28.3. The minimum Gasteiger partial charge on any atom is -0.454 e. The molecule has 0 aromatic heterocycles. The summed E-state index contributed by atoms with van der Waals surface area (Å²) in [6.07, 6.45) is 7.08. The minimum absolute atomic E-state index is 0.283. The van der Waals surface area contributed by atoms with Gasteiger partial charge in [0, 0.05) is 6.04 Å². The van der Waals surface area contributed by atoms with E-state index in [0.717, 1.165) is 28.9 Å². The highest BCUT2D eigenvalue weighted by atomic mass is 32.1. The van der Waals surface area contributed by atoms with Crippen molar-refractivity contribution in [3.63, 3.8) is 0 Å². The summed E-state index contributed by atoms with van der Waals surface area (Å²) < 4.78 is 10.6. The van der Waals surface area contributed by atoms with Crippen molar-refractivity contribution < 1.29 is 9.47 Å². The van der Waals surface area contributed by atoms with E-state index in [9.17, 15) is 0 Å². The molecule has 3 unspecified atom stereocenters. The Morgan fingerprint density at radius 2 is 2.14 bits per heavy atom. The average molecular weight is 317 g/mol. The second-order valence-corrected chi connectivity index (χ2v) is 6.65. The van der Waals surface area contributed by atoms with Crippen LogP contribution in [0.4, 0.5) is 0 Å². The smallest absolute Gasteiger partial charge is 0.231 e. The van der Waals surface area contributed by atoms with Gasteiger partial charge in [0.05, 0.1) is 6.21 Å². The van der Waals surface area contributed by atoms with Crippen molar-refractivity contribution in [3.8, 4) is 11.5 Å². The molecule has 22 heavy (non-hydrogen) atoms. The number of nitrogens with zero attached hydrogens (tertiary/aromatic N) is 1. The molecule has 0 radical (unpaired) electrons. The van der Waals surface area contributed by atoms with Gasteiger partial charge in [-0.05, 0) is 67.1 Å². The molecule has 2 bridgehead atoms. The van der Waals surface area contributed by atoms with Crippen molar-refractivity contribution in [2.45, 2.75) is 31.7 Å². The number of hydrazone groups is 1. The number of hydrogen-bond acceptors (Lipinski definition) is 4. The first kappa shape index (κ1) is 13.8. The van der Waals surface area contributed by atoms with Gasteiger partial charge in [0.2, 0.25) is 6.79 Å². The van der Waals surface area contributed by atoms with Gasteiger partial charge in [0.25, 0.3) is 0 Å². The minimum atomic E-state index is 0.283. The van der Waals surface area contributed by atoms with E-state index in [4.69, 9.17) is 21.7 Å². The Morgan fingerprint density at radius 3 is 2.95 bits per heavy atom. The van der Waals surface area contributed by atoms with Crippen LogP contribution >= 0.6 is 12.2 Å².